The Morgan fingerprint density at radius 2 is 1.52 bits per heavy atom. The summed E-state index contributed by atoms with van der Waals surface area (Å²) in [6.07, 6.45) is -3.44. The molecule has 0 unspecified atom stereocenters. The predicted molar refractivity (Wildman–Crippen MR) is 105 cm³/mol. The van der Waals surface area contributed by atoms with Crippen molar-refractivity contribution in [1.82, 2.24) is 10.2 Å². The van der Waals surface area contributed by atoms with Gasteiger partial charge in [0, 0.05) is 31.5 Å². The molecule has 29 heavy (non-hydrogen) atoms. The number of para-hydroxylation sites is 1. The van der Waals surface area contributed by atoms with Crippen molar-refractivity contribution < 1.29 is 17.9 Å². The highest BCUT2D eigenvalue weighted by atomic mass is 19.4. The summed E-state index contributed by atoms with van der Waals surface area (Å²) in [5, 5.41) is 8.62. The summed E-state index contributed by atoms with van der Waals surface area (Å²) in [7, 11) is 0. The molecule has 0 radical (unpaired) electrons. The monoisotopic (exact) mass is 399 g/mol. The van der Waals surface area contributed by atoms with Crippen molar-refractivity contribution in [3.05, 3.63) is 72.3 Å². The summed E-state index contributed by atoms with van der Waals surface area (Å²) >= 11 is 0. The van der Waals surface area contributed by atoms with Gasteiger partial charge in [0.1, 0.15) is 11.9 Å². The number of alkyl halides is 3. The highest BCUT2D eigenvalue weighted by Crippen LogP contribution is 2.37. The molecule has 1 aromatic heterocycles. The van der Waals surface area contributed by atoms with Crippen LogP contribution in [0.3, 0.4) is 0 Å². The SMILES string of the molecule is FC(F)(F)c1ccccc1OC1CCN(c2ccc(-c3ccccc3)nn2)CC1. The van der Waals surface area contributed by atoms with Gasteiger partial charge in [-0.1, -0.05) is 42.5 Å². The van der Waals surface area contributed by atoms with Crippen LogP contribution in [0, 0.1) is 0 Å². The van der Waals surface area contributed by atoms with Crippen LogP contribution in [-0.2, 0) is 6.18 Å². The number of aromatic nitrogens is 2. The summed E-state index contributed by atoms with van der Waals surface area (Å²) < 4.78 is 45.1. The average Bonchev–Trinajstić information content (AvgIpc) is 2.75. The minimum Gasteiger partial charge on any atom is -0.490 e. The van der Waals surface area contributed by atoms with Gasteiger partial charge < -0.3 is 9.64 Å². The Morgan fingerprint density at radius 1 is 0.828 bits per heavy atom. The smallest absolute Gasteiger partial charge is 0.419 e. The lowest BCUT2D eigenvalue weighted by molar-refractivity contribution is -0.139. The van der Waals surface area contributed by atoms with E-state index in [1.807, 2.05) is 42.5 Å². The first kappa shape index (κ1) is 19.2. The Morgan fingerprint density at radius 3 is 2.17 bits per heavy atom. The molecule has 4 nitrogen and oxygen atoms in total. The Hall–Kier alpha value is -3.09. The van der Waals surface area contributed by atoms with Crippen molar-refractivity contribution in [3.8, 4) is 17.0 Å². The second-order valence-corrected chi connectivity index (χ2v) is 6.94. The van der Waals surface area contributed by atoms with Crippen molar-refractivity contribution >= 4 is 5.82 Å². The summed E-state index contributed by atoms with van der Waals surface area (Å²) in [6.45, 7) is 1.30. The van der Waals surface area contributed by atoms with Gasteiger partial charge in [-0.25, -0.2) is 0 Å². The summed E-state index contributed by atoms with van der Waals surface area (Å²) in [6, 6.07) is 19.0. The molecule has 1 aliphatic heterocycles. The molecule has 1 aliphatic rings. The third-order valence-electron chi connectivity index (χ3n) is 4.97. The summed E-state index contributed by atoms with van der Waals surface area (Å²) in [5.74, 6) is 0.657. The summed E-state index contributed by atoms with van der Waals surface area (Å²) in [4.78, 5) is 2.08. The molecule has 0 atom stereocenters. The second-order valence-electron chi connectivity index (χ2n) is 6.94. The minimum absolute atomic E-state index is 0.106. The first-order chi connectivity index (χ1) is 14.0. The molecule has 0 amide bonds. The number of hydrogen-bond donors (Lipinski definition) is 0. The van der Waals surface area contributed by atoms with Gasteiger partial charge in [0.25, 0.3) is 0 Å². The quantitative estimate of drug-likeness (QED) is 0.604. The van der Waals surface area contributed by atoms with E-state index >= 15 is 0 Å². The fraction of sp³-hybridized carbons (Fsp3) is 0.273. The van der Waals surface area contributed by atoms with Crippen LogP contribution in [0.25, 0.3) is 11.3 Å². The van der Waals surface area contributed by atoms with Crippen molar-refractivity contribution in [1.29, 1.82) is 0 Å². The van der Waals surface area contributed by atoms with E-state index < -0.39 is 11.7 Å². The fourth-order valence-electron chi connectivity index (χ4n) is 3.44. The first-order valence-corrected chi connectivity index (χ1v) is 9.48. The maximum absolute atomic E-state index is 13.1. The maximum Gasteiger partial charge on any atom is 0.419 e. The molecule has 0 aliphatic carbocycles. The van der Waals surface area contributed by atoms with E-state index in [1.54, 1.807) is 6.07 Å². The molecular weight excluding hydrogens is 379 g/mol. The lowest BCUT2D eigenvalue weighted by Gasteiger charge is -2.33. The topological polar surface area (TPSA) is 38.2 Å². The molecule has 1 fully saturated rings. The molecular formula is C22H20F3N3O. The third kappa shape index (κ3) is 4.50. The molecule has 3 aromatic rings. The van der Waals surface area contributed by atoms with Crippen molar-refractivity contribution in [3.63, 3.8) is 0 Å². The fourth-order valence-corrected chi connectivity index (χ4v) is 3.44. The number of ether oxygens (including phenoxy) is 1. The molecule has 0 saturated carbocycles. The average molecular weight is 399 g/mol. The van der Waals surface area contributed by atoms with Crippen LogP contribution < -0.4 is 9.64 Å². The highest BCUT2D eigenvalue weighted by Gasteiger charge is 2.35. The lowest BCUT2D eigenvalue weighted by Crippen LogP contribution is -2.39. The van der Waals surface area contributed by atoms with Gasteiger partial charge in [0.05, 0.1) is 11.3 Å². The molecule has 4 rings (SSSR count). The van der Waals surface area contributed by atoms with Crippen LogP contribution in [-0.4, -0.2) is 29.4 Å². The van der Waals surface area contributed by atoms with E-state index in [9.17, 15) is 13.2 Å². The van der Waals surface area contributed by atoms with Gasteiger partial charge in [-0.2, -0.15) is 13.2 Å². The van der Waals surface area contributed by atoms with Gasteiger partial charge in [0.2, 0.25) is 0 Å². The Labute approximate surface area is 167 Å². The largest absolute Gasteiger partial charge is 0.490 e. The van der Waals surface area contributed by atoms with Crippen LogP contribution in [0.2, 0.25) is 0 Å². The minimum atomic E-state index is -4.42. The zero-order valence-corrected chi connectivity index (χ0v) is 15.6. The molecule has 0 N–H and O–H groups in total. The van der Waals surface area contributed by atoms with Crippen molar-refractivity contribution in [2.24, 2.45) is 0 Å². The number of hydrogen-bond acceptors (Lipinski definition) is 4. The first-order valence-electron chi connectivity index (χ1n) is 9.48. The Kier molecular flexibility index (Phi) is 5.38. The van der Waals surface area contributed by atoms with E-state index in [0.29, 0.717) is 25.9 Å². The predicted octanol–water partition coefficient (Wildman–Crippen LogP) is 5.21. The van der Waals surface area contributed by atoms with E-state index in [4.69, 9.17) is 4.74 Å². The van der Waals surface area contributed by atoms with Crippen LogP contribution in [0.5, 0.6) is 5.75 Å². The van der Waals surface area contributed by atoms with Crippen molar-refractivity contribution in [2.45, 2.75) is 25.1 Å². The Bertz CT molecular complexity index is 938. The molecule has 2 heterocycles. The normalized spacial score (nSPS) is 15.3. The third-order valence-corrected chi connectivity index (χ3v) is 4.97. The van der Waals surface area contributed by atoms with E-state index in [0.717, 1.165) is 23.1 Å². The number of piperidine rings is 1. The number of anilines is 1. The lowest BCUT2D eigenvalue weighted by atomic mass is 10.1. The zero-order chi connectivity index (χ0) is 20.3. The summed E-state index contributed by atoms with van der Waals surface area (Å²) in [5.41, 5.74) is 1.07. The Balaban J connectivity index is 1.38. The highest BCUT2D eigenvalue weighted by molar-refractivity contribution is 5.59. The molecule has 0 spiro atoms. The van der Waals surface area contributed by atoms with Gasteiger partial charge in [-0.15, -0.1) is 10.2 Å². The zero-order valence-electron chi connectivity index (χ0n) is 15.6. The van der Waals surface area contributed by atoms with Crippen LogP contribution in [0.15, 0.2) is 66.7 Å². The van der Waals surface area contributed by atoms with Gasteiger partial charge in [-0.05, 0) is 24.3 Å². The molecule has 7 heteroatoms. The van der Waals surface area contributed by atoms with Crippen molar-refractivity contribution in [2.75, 3.05) is 18.0 Å². The van der Waals surface area contributed by atoms with Gasteiger partial charge in [0.15, 0.2) is 5.82 Å². The number of nitrogens with zero attached hydrogens (tertiary/aromatic N) is 3. The van der Waals surface area contributed by atoms with E-state index in [-0.39, 0.29) is 11.9 Å². The van der Waals surface area contributed by atoms with Crippen LogP contribution in [0.4, 0.5) is 19.0 Å². The molecule has 1 saturated heterocycles. The molecule has 0 bridgehead atoms. The number of halogens is 3. The van der Waals surface area contributed by atoms with Crippen LogP contribution >= 0.6 is 0 Å². The second kappa shape index (κ2) is 8.11. The maximum atomic E-state index is 13.1. The van der Waals surface area contributed by atoms with Crippen LogP contribution in [0.1, 0.15) is 18.4 Å². The number of benzene rings is 2. The van der Waals surface area contributed by atoms with E-state index in [1.165, 1.54) is 12.1 Å². The number of rotatable bonds is 4. The van der Waals surface area contributed by atoms with Gasteiger partial charge >= 0.3 is 6.18 Å². The van der Waals surface area contributed by atoms with E-state index in [2.05, 4.69) is 15.1 Å². The molecule has 2 aromatic carbocycles. The standard InChI is InChI=1S/C22H20F3N3O/c23-22(24,25)18-8-4-5-9-20(18)29-17-12-14-28(15-13-17)21-11-10-19(26-27-21)16-6-2-1-3-7-16/h1-11,17H,12-15H2. The molecule has 150 valence electrons. The van der Waals surface area contributed by atoms with Gasteiger partial charge in [-0.3, -0.25) is 0 Å².